The van der Waals surface area contributed by atoms with Crippen LogP contribution in [0.5, 0.6) is 0 Å². The van der Waals surface area contributed by atoms with Crippen molar-refractivity contribution in [3.05, 3.63) is 59.7 Å². The Morgan fingerprint density at radius 3 is 2.06 bits per heavy atom. The molecule has 0 aliphatic carbocycles. The predicted octanol–water partition coefficient (Wildman–Crippen LogP) is 2.47. The zero-order chi connectivity index (χ0) is 12.8. The first-order valence-electron chi connectivity index (χ1n) is 5.60. The number of amides is 1. The van der Waals surface area contributed by atoms with Gasteiger partial charge >= 0.3 is 0 Å². The molecule has 2 rings (SSSR count). The minimum atomic E-state index is 0.539. The van der Waals surface area contributed by atoms with Crippen LogP contribution in [0.15, 0.2) is 48.5 Å². The van der Waals surface area contributed by atoms with Gasteiger partial charge in [-0.05, 0) is 28.8 Å². The van der Waals surface area contributed by atoms with E-state index in [1.165, 1.54) is 0 Å². The van der Waals surface area contributed by atoms with Gasteiger partial charge in [0, 0.05) is 6.54 Å². The van der Waals surface area contributed by atoms with E-state index >= 15 is 0 Å². The minimum absolute atomic E-state index is 0.539. The summed E-state index contributed by atoms with van der Waals surface area (Å²) >= 11 is 0. The van der Waals surface area contributed by atoms with Gasteiger partial charge in [-0.1, -0.05) is 36.4 Å². The highest BCUT2D eigenvalue weighted by molar-refractivity contribution is 5.64. The van der Waals surface area contributed by atoms with Gasteiger partial charge in [-0.15, -0.1) is 0 Å². The monoisotopic (exact) mass is 236 g/mol. The second kappa shape index (κ2) is 5.65. The SMILES string of the molecule is N#Cc1ccc(-c2ccc(CNC=O)cc2)cc1. The van der Waals surface area contributed by atoms with Gasteiger partial charge in [-0.3, -0.25) is 4.79 Å². The third kappa shape index (κ3) is 2.74. The van der Waals surface area contributed by atoms with Gasteiger partial charge in [-0.25, -0.2) is 0 Å². The maximum absolute atomic E-state index is 10.2. The summed E-state index contributed by atoms with van der Waals surface area (Å²) in [5.41, 5.74) is 3.88. The van der Waals surface area contributed by atoms with E-state index in [9.17, 15) is 4.79 Å². The number of rotatable bonds is 4. The lowest BCUT2D eigenvalue weighted by Gasteiger charge is -2.04. The van der Waals surface area contributed by atoms with Gasteiger partial charge in [0.2, 0.25) is 6.41 Å². The summed E-state index contributed by atoms with van der Waals surface area (Å²) in [4.78, 5) is 10.2. The van der Waals surface area contributed by atoms with Crippen LogP contribution in [0.25, 0.3) is 11.1 Å². The molecule has 0 bridgehead atoms. The summed E-state index contributed by atoms with van der Waals surface area (Å²) in [7, 11) is 0. The molecule has 18 heavy (non-hydrogen) atoms. The summed E-state index contributed by atoms with van der Waals surface area (Å²) in [5, 5.41) is 11.4. The van der Waals surface area contributed by atoms with Crippen molar-refractivity contribution in [3.8, 4) is 17.2 Å². The van der Waals surface area contributed by atoms with Crippen LogP contribution >= 0.6 is 0 Å². The molecule has 0 saturated carbocycles. The fourth-order valence-corrected chi connectivity index (χ4v) is 1.71. The average Bonchev–Trinajstić information content (AvgIpc) is 2.46. The van der Waals surface area contributed by atoms with Crippen LogP contribution in [0.4, 0.5) is 0 Å². The topological polar surface area (TPSA) is 52.9 Å². The van der Waals surface area contributed by atoms with E-state index in [1.807, 2.05) is 36.4 Å². The summed E-state index contributed by atoms with van der Waals surface area (Å²) in [6.45, 7) is 0.539. The van der Waals surface area contributed by atoms with Crippen molar-refractivity contribution >= 4 is 6.41 Å². The van der Waals surface area contributed by atoms with Gasteiger partial charge in [0.05, 0.1) is 11.6 Å². The molecule has 2 aromatic carbocycles. The molecule has 0 spiro atoms. The number of nitriles is 1. The summed E-state index contributed by atoms with van der Waals surface area (Å²) in [6, 6.07) is 17.5. The van der Waals surface area contributed by atoms with Crippen LogP contribution in [0, 0.1) is 11.3 Å². The molecule has 0 radical (unpaired) electrons. The second-order valence-electron chi connectivity index (χ2n) is 3.88. The summed E-state index contributed by atoms with van der Waals surface area (Å²) in [6.07, 6.45) is 0.689. The highest BCUT2D eigenvalue weighted by atomic mass is 16.1. The Bertz CT molecular complexity index is 565. The van der Waals surface area contributed by atoms with Crippen LogP contribution < -0.4 is 5.32 Å². The predicted molar refractivity (Wildman–Crippen MR) is 69.5 cm³/mol. The zero-order valence-corrected chi connectivity index (χ0v) is 9.76. The average molecular weight is 236 g/mol. The molecule has 1 N–H and O–H groups in total. The third-order valence-electron chi connectivity index (χ3n) is 2.69. The highest BCUT2D eigenvalue weighted by Crippen LogP contribution is 2.20. The molecule has 2 aromatic rings. The molecular weight excluding hydrogens is 224 g/mol. The smallest absolute Gasteiger partial charge is 0.207 e. The molecule has 0 aromatic heterocycles. The van der Waals surface area contributed by atoms with Crippen LogP contribution in [0.3, 0.4) is 0 Å². The molecule has 0 aliphatic heterocycles. The number of hydrogen-bond donors (Lipinski definition) is 1. The fraction of sp³-hybridized carbons (Fsp3) is 0.0667. The zero-order valence-electron chi connectivity index (χ0n) is 9.76. The van der Waals surface area contributed by atoms with Crippen LogP contribution in [0.1, 0.15) is 11.1 Å². The number of nitrogens with zero attached hydrogens (tertiary/aromatic N) is 1. The van der Waals surface area contributed by atoms with Crippen molar-refractivity contribution in [2.24, 2.45) is 0 Å². The van der Waals surface area contributed by atoms with E-state index in [1.54, 1.807) is 12.1 Å². The third-order valence-corrected chi connectivity index (χ3v) is 2.69. The number of benzene rings is 2. The van der Waals surface area contributed by atoms with Gasteiger partial charge < -0.3 is 5.32 Å². The van der Waals surface area contributed by atoms with E-state index in [4.69, 9.17) is 5.26 Å². The Hall–Kier alpha value is -2.60. The van der Waals surface area contributed by atoms with Gasteiger partial charge in [0.1, 0.15) is 0 Å². The highest BCUT2D eigenvalue weighted by Gasteiger charge is 1.98. The van der Waals surface area contributed by atoms with Crippen molar-refractivity contribution in [1.29, 1.82) is 5.26 Å². The molecule has 0 atom stereocenters. The molecule has 1 amide bonds. The lowest BCUT2D eigenvalue weighted by Crippen LogP contribution is -2.09. The quantitative estimate of drug-likeness (QED) is 0.829. The van der Waals surface area contributed by atoms with Crippen LogP contribution in [0.2, 0.25) is 0 Å². The Morgan fingerprint density at radius 2 is 1.56 bits per heavy atom. The summed E-state index contributed by atoms with van der Waals surface area (Å²) < 4.78 is 0. The minimum Gasteiger partial charge on any atom is -0.355 e. The second-order valence-corrected chi connectivity index (χ2v) is 3.88. The molecule has 0 aliphatic rings. The fourth-order valence-electron chi connectivity index (χ4n) is 1.71. The molecule has 88 valence electrons. The van der Waals surface area contributed by atoms with Crippen LogP contribution in [-0.4, -0.2) is 6.41 Å². The lowest BCUT2D eigenvalue weighted by atomic mass is 10.0. The first kappa shape index (κ1) is 11.9. The maximum Gasteiger partial charge on any atom is 0.207 e. The van der Waals surface area contributed by atoms with Crippen molar-refractivity contribution < 1.29 is 4.79 Å². The van der Waals surface area contributed by atoms with Gasteiger partial charge in [0.15, 0.2) is 0 Å². The normalized spacial score (nSPS) is 9.50. The van der Waals surface area contributed by atoms with E-state index in [0.717, 1.165) is 16.7 Å². The van der Waals surface area contributed by atoms with Gasteiger partial charge in [-0.2, -0.15) is 5.26 Å². The van der Waals surface area contributed by atoms with E-state index in [-0.39, 0.29) is 0 Å². The largest absolute Gasteiger partial charge is 0.355 e. The Morgan fingerprint density at radius 1 is 1.00 bits per heavy atom. The molecule has 0 fully saturated rings. The van der Waals surface area contributed by atoms with Crippen molar-refractivity contribution in [3.63, 3.8) is 0 Å². The maximum atomic E-state index is 10.2. The van der Waals surface area contributed by atoms with Crippen LogP contribution in [-0.2, 0) is 11.3 Å². The molecule has 0 unspecified atom stereocenters. The van der Waals surface area contributed by atoms with Crippen molar-refractivity contribution in [2.45, 2.75) is 6.54 Å². The van der Waals surface area contributed by atoms with Gasteiger partial charge in [0.25, 0.3) is 0 Å². The number of carbonyl (C=O) groups is 1. The standard InChI is InChI=1S/C15H12N2O/c16-9-12-1-5-14(6-2-12)15-7-3-13(4-8-15)10-17-11-18/h1-8,11H,10H2,(H,17,18). The molecule has 3 heteroatoms. The molecule has 0 heterocycles. The van der Waals surface area contributed by atoms with Crippen molar-refractivity contribution in [1.82, 2.24) is 5.32 Å². The number of hydrogen-bond acceptors (Lipinski definition) is 2. The first-order chi connectivity index (χ1) is 8.83. The molecule has 3 nitrogen and oxygen atoms in total. The van der Waals surface area contributed by atoms with E-state index in [2.05, 4.69) is 11.4 Å². The number of nitrogens with one attached hydrogen (secondary N) is 1. The van der Waals surface area contributed by atoms with E-state index < -0.39 is 0 Å². The first-order valence-corrected chi connectivity index (χ1v) is 5.60. The summed E-state index contributed by atoms with van der Waals surface area (Å²) in [5.74, 6) is 0. The van der Waals surface area contributed by atoms with Crippen molar-refractivity contribution in [2.75, 3.05) is 0 Å². The molecule has 0 saturated heterocycles. The lowest BCUT2D eigenvalue weighted by molar-refractivity contribution is -0.109. The number of carbonyl (C=O) groups excluding carboxylic acids is 1. The van der Waals surface area contributed by atoms with E-state index in [0.29, 0.717) is 18.5 Å². The Labute approximate surface area is 106 Å². The Kier molecular flexibility index (Phi) is 3.72. The molecular formula is C15H12N2O. The Balaban J connectivity index is 2.18.